The standard InChI is InChI=1S/C16H16ClN3O2S/c1-9(2)20-8-18-19-16(20)23-7-11-5-15(21)22-14-4-10(3)13(17)6-12(11)14/h4-6,8-9H,7H2,1-3H3. The predicted molar refractivity (Wildman–Crippen MR) is 92.2 cm³/mol. The summed E-state index contributed by atoms with van der Waals surface area (Å²) >= 11 is 7.75. The molecule has 0 aliphatic carbocycles. The van der Waals surface area contributed by atoms with Gasteiger partial charge in [-0.3, -0.25) is 0 Å². The molecule has 3 aromatic rings. The molecule has 2 heterocycles. The summed E-state index contributed by atoms with van der Waals surface area (Å²) < 4.78 is 7.28. The van der Waals surface area contributed by atoms with Crippen molar-refractivity contribution >= 4 is 34.3 Å². The Hall–Kier alpha value is -1.79. The Morgan fingerprint density at radius 1 is 1.35 bits per heavy atom. The van der Waals surface area contributed by atoms with E-state index >= 15 is 0 Å². The fourth-order valence-corrected chi connectivity index (χ4v) is 3.50. The molecule has 23 heavy (non-hydrogen) atoms. The second-order valence-electron chi connectivity index (χ2n) is 5.59. The van der Waals surface area contributed by atoms with Gasteiger partial charge < -0.3 is 8.98 Å². The quantitative estimate of drug-likeness (QED) is 0.521. The molecular formula is C16H16ClN3O2S. The summed E-state index contributed by atoms with van der Waals surface area (Å²) in [6.07, 6.45) is 1.71. The minimum absolute atomic E-state index is 0.280. The van der Waals surface area contributed by atoms with E-state index in [0.29, 0.717) is 16.4 Å². The Morgan fingerprint density at radius 2 is 2.13 bits per heavy atom. The van der Waals surface area contributed by atoms with E-state index in [2.05, 4.69) is 24.0 Å². The van der Waals surface area contributed by atoms with Gasteiger partial charge in [-0.05, 0) is 44.0 Å². The lowest BCUT2D eigenvalue weighted by atomic mass is 10.1. The van der Waals surface area contributed by atoms with E-state index < -0.39 is 0 Å². The molecule has 0 radical (unpaired) electrons. The molecule has 0 fully saturated rings. The number of aryl methyl sites for hydroxylation is 1. The van der Waals surface area contributed by atoms with Crippen LogP contribution in [0.3, 0.4) is 0 Å². The smallest absolute Gasteiger partial charge is 0.336 e. The van der Waals surface area contributed by atoms with Gasteiger partial charge in [0, 0.05) is 28.3 Å². The van der Waals surface area contributed by atoms with Crippen LogP contribution in [0.15, 0.2) is 38.9 Å². The summed E-state index contributed by atoms with van der Waals surface area (Å²) in [7, 11) is 0. The molecule has 0 spiro atoms. The summed E-state index contributed by atoms with van der Waals surface area (Å²) in [4.78, 5) is 11.8. The van der Waals surface area contributed by atoms with E-state index in [-0.39, 0.29) is 11.7 Å². The molecular weight excluding hydrogens is 334 g/mol. The Labute approximate surface area is 142 Å². The Balaban J connectivity index is 1.98. The highest BCUT2D eigenvalue weighted by atomic mass is 35.5. The van der Waals surface area contributed by atoms with Crippen molar-refractivity contribution in [3.05, 3.63) is 51.1 Å². The van der Waals surface area contributed by atoms with Gasteiger partial charge in [-0.15, -0.1) is 10.2 Å². The fourth-order valence-electron chi connectivity index (χ4n) is 2.30. The number of hydrogen-bond donors (Lipinski definition) is 0. The molecule has 0 aliphatic rings. The molecule has 2 aromatic heterocycles. The number of halogens is 1. The van der Waals surface area contributed by atoms with Crippen LogP contribution in [0.25, 0.3) is 11.0 Å². The van der Waals surface area contributed by atoms with Gasteiger partial charge in [0.2, 0.25) is 0 Å². The summed E-state index contributed by atoms with van der Waals surface area (Å²) in [6.45, 7) is 6.03. The molecule has 1 aromatic carbocycles. The number of nitrogens with zero attached hydrogens (tertiary/aromatic N) is 3. The van der Waals surface area contributed by atoms with Gasteiger partial charge >= 0.3 is 5.63 Å². The van der Waals surface area contributed by atoms with Crippen LogP contribution in [0.4, 0.5) is 0 Å². The number of thioether (sulfide) groups is 1. The van der Waals surface area contributed by atoms with Crippen molar-refractivity contribution < 1.29 is 4.42 Å². The number of fused-ring (bicyclic) bond motifs is 1. The monoisotopic (exact) mass is 349 g/mol. The first-order chi connectivity index (χ1) is 11.0. The lowest BCUT2D eigenvalue weighted by Crippen LogP contribution is -2.03. The van der Waals surface area contributed by atoms with Crippen molar-refractivity contribution in [2.24, 2.45) is 0 Å². The zero-order valence-corrected chi connectivity index (χ0v) is 14.6. The van der Waals surface area contributed by atoms with Crippen LogP contribution in [0, 0.1) is 6.92 Å². The van der Waals surface area contributed by atoms with E-state index in [9.17, 15) is 4.79 Å². The van der Waals surface area contributed by atoms with E-state index in [0.717, 1.165) is 21.7 Å². The SMILES string of the molecule is Cc1cc2oc(=O)cc(CSc3nncn3C(C)C)c2cc1Cl. The van der Waals surface area contributed by atoms with Crippen molar-refractivity contribution in [3.63, 3.8) is 0 Å². The van der Waals surface area contributed by atoms with Crippen LogP contribution >= 0.6 is 23.4 Å². The maximum absolute atomic E-state index is 11.8. The third kappa shape index (κ3) is 3.28. The predicted octanol–water partition coefficient (Wildman–Crippen LogP) is 4.22. The van der Waals surface area contributed by atoms with Gasteiger partial charge in [0.15, 0.2) is 5.16 Å². The van der Waals surface area contributed by atoms with Gasteiger partial charge in [-0.25, -0.2) is 4.79 Å². The number of hydrogen-bond acceptors (Lipinski definition) is 5. The van der Waals surface area contributed by atoms with Crippen LogP contribution in [0.5, 0.6) is 0 Å². The minimum atomic E-state index is -0.361. The molecule has 0 N–H and O–H groups in total. The lowest BCUT2D eigenvalue weighted by molar-refractivity contribution is 0.549. The molecule has 3 rings (SSSR count). The van der Waals surface area contributed by atoms with Crippen LogP contribution in [-0.2, 0) is 5.75 Å². The van der Waals surface area contributed by atoms with Gasteiger partial charge in [-0.1, -0.05) is 23.4 Å². The zero-order valence-electron chi connectivity index (χ0n) is 13.0. The number of benzene rings is 1. The van der Waals surface area contributed by atoms with Crippen LogP contribution in [-0.4, -0.2) is 14.8 Å². The molecule has 0 bridgehead atoms. The van der Waals surface area contributed by atoms with Crippen molar-refractivity contribution in [2.75, 3.05) is 0 Å². The zero-order chi connectivity index (χ0) is 16.6. The molecule has 0 saturated heterocycles. The highest BCUT2D eigenvalue weighted by Crippen LogP contribution is 2.29. The average molecular weight is 350 g/mol. The minimum Gasteiger partial charge on any atom is -0.423 e. The molecule has 120 valence electrons. The van der Waals surface area contributed by atoms with Gasteiger partial charge in [0.1, 0.15) is 11.9 Å². The van der Waals surface area contributed by atoms with E-state index in [4.69, 9.17) is 16.0 Å². The van der Waals surface area contributed by atoms with Gasteiger partial charge in [0.25, 0.3) is 0 Å². The fraction of sp³-hybridized carbons (Fsp3) is 0.312. The molecule has 7 heteroatoms. The first kappa shape index (κ1) is 16.1. The molecule has 0 saturated carbocycles. The Morgan fingerprint density at radius 3 is 2.87 bits per heavy atom. The molecule has 5 nitrogen and oxygen atoms in total. The summed E-state index contributed by atoms with van der Waals surface area (Å²) in [5.41, 5.74) is 1.95. The van der Waals surface area contributed by atoms with E-state index in [1.807, 2.05) is 17.6 Å². The third-order valence-electron chi connectivity index (χ3n) is 3.56. The summed E-state index contributed by atoms with van der Waals surface area (Å²) in [5, 5.41) is 10.4. The maximum Gasteiger partial charge on any atom is 0.336 e. The first-order valence-corrected chi connectivity index (χ1v) is 8.57. The Kier molecular flexibility index (Phi) is 4.46. The molecule has 0 amide bonds. The normalized spacial score (nSPS) is 11.5. The largest absolute Gasteiger partial charge is 0.423 e. The van der Waals surface area contributed by atoms with Crippen LogP contribution in [0.1, 0.15) is 31.0 Å². The topological polar surface area (TPSA) is 60.9 Å². The van der Waals surface area contributed by atoms with Crippen molar-refractivity contribution in [1.29, 1.82) is 0 Å². The third-order valence-corrected chi connectivity index (χ3v) is 4.98. The molecule has 0 atom stereocenters. The number of aromatic nitrogens is 3. The number of rotatable bonds is 4. The highest BCUT2D eigenvalue weighted by Gasteiger charge is 2.12. The van der Waals surface area contributed by atoms with Crippen LogP contribution in [0.2, 0.25) is 5.02 Å². The van der Waals surface area contributed by atoms with Crippen LogP contribution < -0.4 is 5.63 Å². The van der Waals surface area contributed by atoms with Crippen molar-refractivity contribution in [1.82, 2.24) is 14.8 Å². The molecule has 0 aliphatic heterocycles. The van der Waals surface area contributed by atoms with E-state index in [1.54, 1.807) is 12.4 Å². The van der Waals surface area contributed by atoms with Crippen molar-refractivity contribution in [3.8, 4) is 0 Å². The second kappa shape index (κ2) is 6.37. The Bertz CT molecular complexity index is 917. The maximum atomic E-state index is 11.8. The van der Waals surface area contributed by atoms with Gasteiger partial charge in [-0.2, -0.15) is 0 Å². The summed E-state index contributed by atoms with van der Waals surface area (Å²) in [5.74, 6) is 0.590. The van der Waals surface area contributed by atoms with Crippen molar-refractivity contribution in [2.45, 2.75) is 37.7 Å². The average Bonchev–Trinajstić information content (AvgIpc) is 2.95. The lowest BCUT2D eigenvalue weighted by Gasteiger charge is -2.10. The summed E-state index contributed by atoms with van der Waals surface area (Å²) in [6, 6.07) is 5.43. The highest BCUT2D eigenvalue weighted by molar-refractivity contribution is 7.98. The van der Waals surface area contributed by atoms with E-state index in [1.165, 1.54) is 17.8 Å². The van der Waals surface area contributed by atoms with Gasteiger partial charge in [0.05, 0.1) is 0 Å². The molecule has 0 unspecified atom stereocenters. The first-order valence-electron chi connectivity index (χ1n) is 7.21. The second-order valence-corrected chi connectivity index (χ2v) is 6.94.